The van der Waals surface area contributed by atoms with Crippen molar-refractivity contribution in [2.75, 3.05) is 45.2 Å². The third-order valence-electron chi connectivity index (χ3n) is 8.61. The molecule has 7 nitrogen and oxygen atoms in total. The highest BCUT2D eigenvalue weighted by atomic mass is 35.5. The monoisotopic (exact) mass is 622 g/mol. The minimum atomic E-state index is -4.70. The smallest absolute Gasteiger partial charge is 0.404 e. The number of amides is 2. The lowest BCUT2D eigenvalue weighted by Gasteiger charge is -2.43. The van der Waals surface area contributed by atoms with E-state index in [2.05, 4.69) is 16.8 Å². The van der Waals surface area contributed by atoms with Crippen LogP contribution in [0.15, 0.2) is 36.4 Å². The normalized spacial score (nSPS) is 18.5. The lowest BCUT2D eigenvalue weighted by molar-refractivity contribution is -0.173. The van der Waals surface area contributed by atoms with Gasteiger partial charge in [-0.3, -0.25) is 9.59 Å². The number of nitrogens with zero attached hydrogens (tertiary/aromatic N) is 4. The van der Waals surface area contributed by atoms with Gasteiger partial charge in [-0.15, -0.1) is 0 Å². The topological polar surface area (TPSA) is 66.0 Å². The summed E-state index contributed by atoms with van der Waals surface area (Å²) in [6.07, 6.45) is -0.684. The molecule has 43 heavy (non-hydrogen) atoms. The predicted octanol–water partition coefficient (Wildman–Crippen LogP) is 6.81. The van der Waals surface area contributed by atoms with Crippen LogP contribution in [-0.4, -0.2) is 79.2 Å². The van der Waals surface area contributed by atoms with Crippen LogP contribution in [0.2, 0.25) is 5.15 Å². The van der Waals surface area contributed by atoms with Crippen molar-refractivity contribution >= 4 is 29.2 Å². The van der Waals surface area contributed by atoms with Gasteiger partial charge in [0, 0.05) is 40.3 Å². The number of likely N-dealkylation sites (tertiary alicyclic amines) is 1. The number of piperidine rings is 2. The molecule has 0 spiro atoms. The Bertz CT molecular complexity index is 1290. The summed E-state index contributed by atoms with van der Waals surface area (Å²) in [6.45, 7) is 8.03. The van der Waals surface area contributed by atoms with E-state index in [1.807, 2.05) is 6.07 Å². The molecule has 11 heteroatoms. The number of aromatic nitrogens is 1. The largest absolute Gasteiger partial charge is 0.491 e. The fraction of sp³-hybridized carbons (Fsp3) is 0.594. The molecule has 3 heterocycles. The molecular formula is C32H42ClF3N4O3. The van der Waals surface area contributed by atoms with Gasteiger partial charge < -0.3 is 19.4 Å². The maximum absolute atomic E-state index is 14.2. The quantitative estimate of drug-likeness (QED) is 0.303. The van der Waals surface area contributed by atoms with E-state index in [1.165, 1.54) is 28.0 Å². The number of carbonyl (C=O) groups is 2. The zero-order valence-corrected chi connectivity index (χ0v) is 26.3. The maximum atomic E-state index is 14.2. The van der Waals surface area contributed by atoms with Crippen LogP contribution < -0.4 is 9.64 Å². The van der Waals surface area contributed by atoms with Crippen molar-refractivity contribution in [3.8, 4) is 5.75 Å². The van der Waals surface area contributed by atoms with Crippen LogP contribution >= 0.6 is 11.6 Å². The van der Waals surface area contributed by atoms with Crippen molar-refractivity contribution in [2.45, 2.75) is 71.1 Å². The zero-order valence-electron chi connectivity index (χ0n) is 25.6. The number of carbonyl (C=O) groups excluding carboxylic acids is 2. The summed E-state index contributed by atoms with van der Waals surface area (Å²) in [5.74, 6) is -1.76. The summed E-state index contributed by atoms with van der Waals surface area (Å²) >= 11 is 6.32. The average Bonchev–Trinajstić information content (AvgIpc) is 2.92. The van der Waals surface area contributed by atoms with E-state index in [4.69, 9.17) is 16.3 Å². The van der Waals surface area contributed by atoms with E-state index in [-0.39, 0.29) is 28.1 Å². The Morgan fingerprint density at radius 2 is 1.74 bits per heavy atom. The number of pyridine rings is 1. The van der Waals surface area contributed by atoms with Crippen LogP contribution in [0, 0.1) is 11.3 Å². The number of alkyl halides is 3. The number of anilines is 1. The Morgan fingerprint density at radius 3 is 2.30 bits per heavy atom. The highest BCUT2D eigenvalue weighted by molar-refractivity contribution is 6.32. The van der Waals surface area contributed by atoms with Gasteiger partial charge in [0.15, 0.2) is 5.92 Å². The van der Waals surface area contributed by atoms with Gasteiger partial charge in [0.2, 0.25) is 5.91 Å². The SMILES string of the molecule is CC(C)Oc1cccc([C@@H](C(=O)N2CCC(C)(CC3CCN(c4ccc(C(=O)N(C)C)c(Cl)n4)CC3)CC2)C(F)(F)F)c1. The van der Waals surface area contributed by atoms with E-state index in [0.29, 0.717) is 43.2 Å². The highest BCUT2D eigenvalue weighted by Gasteiger charge is 2.49. The molecule has 2 aromatic rings. The van der Waals surface area contributed by atoms with Crippen LogP contribution in [0.5, 0.6) is 5.75 Å². The second-order valence-electron chi connectivity index (χ2n) is 12.7. The molecule has 4 rings (SSSR count). The lowest BCUT2D eigenvalue weighted by Crippen LogP contribution is -2.47. The van der Waals surface area contributed by atoms with E-state index < -0.39 is 18.0 Å². The molecule has 0 bridgehead atoms. The summed E-state index contributed by atoms with van der Waals surface area (Å²) in [7, 11) is 3.34. The molecule has 0 saturated carbocycles. The van der Waals surface area contributed by atoms with Gasteiger partial charge in [-0.25, -0.2) is 4.98 Å². The Hall–Kier alpha value is -3.01. The van der Waals surface area contributed by atoms with Crippen LogP contribution in [0.1, 0.15) is 74.7 Å². The molecule has 1 aromatic heterocycles. The first-order chi connectivity index (χ1) is 20.2. The average molecular weight is 623 g/mol. The number of ether oxygens (including phenoxy) is 1. The Morgan fingerprint density at radius 1 is 1.09 bits per heavy atom. The van der Waals surface area contributed by atoms with Crippen LogP contribution in [0.25, 0.3) is 0 Å². The highest BCUT2D eigenvalue weighted by Crippen LogP contribution is 2.43. The number of hydrogen-bond donors (Lipinski definition) is 0. The maximum Gasteiger partial charge on any atom is 0.404 e. The summed E-state index contributed by atoms with van der Waals surface area (Å²) in [5, 5.41) is 0.191. The predicted molar refractivity (Wildman–Crippen MR) is 162 cm³/mol. The van der Waals surface area contributed by atoms with E-state index in [9.17, 15) is 22.8 Å². The molecule has 0 aliphatic carbocycles. The second kappa shape index (κ2) is 13.3. The number of hydrogen-bond acceptors (Lipinski definition) is 5. The fourth-order valence-electron chi connectivity index (χ4n) is 6.23. The molecule has 2 fully saturated rings. The van der Waals surface area contributed by atoms with Gasteiger partial charge in [0.1, 0.15) is 16.7 Å². The summed E-state index contributed by atoms with van der Waals surface area (Å²) in [5.41, 5.74) is 0.238. The van der Waals surface area contributed by atoms with Gasteiger partial charge in [-0.1, -0.05) is 30.7 Å². The third-order valence-corrected chi connectivity index (χ3v) is 8.90. The summed E-state index contributed by atoms with van der Waals surface area (Å²) < 4.78 is 48.2. The lowest BCUT2D eigenvalue weighted by atomic mass is 9.71. The molecule has 0 radical (unpaired) electrons. The van der Waals surface area contributed by atoms with Crippen molar-refractivity contribution in [1.29, 1.82) is 0 Å². The summed E-state index contributed by atoms with van der Waals surface area (Å²) in [4.78, 5) is 35.1. The van der Waals surface area contributed by atoms with Gasteiger partial charge in [0.05, 0.1) is 11.7 Å². The number of benzene rings is 1. The van der Waals surface area contributed by atoms with Gasteiger partial charge in [-0.05, 0) is 87.1 Å². The third kappa shape index (κ3) is 8.13. The molecule has 0 unspecified atom stereocenters. The molecule has 236 valence electrons. The van der Waals surface area contributed by atoms with E-state index >= 15 is 0 Å². The first-order valence-electron chi connectivity index (χ1n) is 14.9. The Labute approximate surface area is 257 Å². The molecule has 2 amide bonds. The van der Waals surface area contributed by atoms with Crippen LogP contribution in [0.3, 0.4) is 0 Å². The van der Waals surface area contributed by atoms with Crippen molar-refractivity contribution in [3.63, 3.8) is 0 Å². The number of halogens is 4. The Kier molecular flexibility index (Phi) is 10.2. The van der Waals surface area contributed by atoms with Crippen LogP contribution in [0.4, 0.5) is 19.0 Å². The fourth-order valence-corrected chi connectivity index (χ4v) is 6.46. The molecule has 2 aliphatic rings. The van der Waals surface area contributed by atoms with Crippen molar-refractivity contribution < 1.29 is 27.5 Å². The standard InChI is InChI=1S/C32H42ClF3N4O3/c1-21(2)43-24-8-6-7-23(19-24)27(32(34,35)36)30(42)40-17-13-31(3,14-18-40)20-22-11-15-39(16-12-22)26-10-9-25(28(33)37-26)29(41)38(4)5/h6-10,19,21-22,27H,11-18,20H2,1-5H3/t27-/m0/s1. The minimum absolute atomic E-state index is 0.0435. The first-order valence-corrected chi connectivity index (χ1v) is 15.3. The molecule has 1 aromatic carbocycles. The second-order valence-corrected chi connectivity index (χ2v) is 13.0. The van der Waals surface area contributed by atoms with E-state index in [1.54, 1.807) is 40.1 Å². The van der Waals surface area contributed by atoms with Gasteiger partial charge in [0.25, 0.3) is 5.91 Å². The Balaban J connectivity index is 1.33. The van der Waals surface area contributed by atoms with Gasteiger partial charge >= 0.3 is 6.18 Å². The molecule has 2 saturated heterocycles. The van der Waals surface area contributed by atoms with Crippen LogP contribution in [-0.2, 0) is 4.79 Å². The van der Waals surface area contributed by atoms with Crippen molar-refractivity contribution in [2.24, 2.45) is 11.3 Å². The molecule has 0 N–H and O–H groups in total. The number of rotatable bonds is 8. The first kappa shape index (κ1) is 32.9. The van der Waals surface area contributed by atoms with Crippen molar-refractivity contribution in [3.05, 3.63) is 52.7 Å². The summed E-state index contributed by atoms with van der Waals surface area (Å²) in [6, 6.07) is 9.34. The molecular weight excluding hydrogens is 581 g/mol. The van der Waals surface area contributed by atoms with Crippen molar-refractivity contribution in [1.82, 2.24) is 14.8 Å². The zero-order chi connectivity index (χ0) is 31.5. The molecule has 1 atom stereocenters. The minimum Gasteiger partial charge on any atom is -0.491 e. The van der Waals surface area contributed by atoms with Gasteiger partial charge in [-0.2, -0.15) is 13.2 Å². The van der Waals surface area contributed by atoms with E-state index in [0.717, 1.165) is 38.2 Å². The molecule has 2 aliphatic heterocycles.